The van der Waals surface area contributed by atoms with Gasteiger partial charge in [0.15, 0.2) is 0 Å². The van der Waals surface area contributed by atoms with Crippen LogP contribution in [0.1, 0.15) is 0 Å². The molecule has 0 amide bonds. The van der Waals surface area contributed by atoms with Crippen LogP contribution in [0.2, 0.25) is 0 Å². The predicted molar refractivity (Wildman–Crippen MR) is 55.8 cm³/mol. The fourth-order valence-electron chi connectivity index (χ4n) is 1.32. The molecule has 1 aromatic rings. The highest BCUT2D eigenvalue weighted by atomic mass is 35.5. The first kappa shape index (κ1) is 10.2. The molecule has 1 aliphatic heterocycles. The molecule has 7 heteroatoms. The van der Waals surface area contributed by atoms with E-state index in [-0.39, 0.29) is 11.8 Å². The van der Waals surface area contributed by atoms with Gasteiger partial charge in [0.05, 0.1) is 12.4 Å². The molecule has 0 saturated carbocycles. The second kappa shape index (κ2) is 3.69. The first-order valence-corrected chi connectivity index (χ1v) is 5.04. The zero-order valence-corrected chi connectivity index (χ0v) is 9.23. The van der Waals surface area contributed by atoms with Crippen molar-refractivity contribution in [2.75, 3.05) is 24.9 Å². The van der Waals surface area contributed by atoms with E-state index < -0.39 is 0 Å². The SMILES string of the molecule is CN(C)c1nc2n(c(=O)n1)CC(CCl)O2. The van der Waals surface area contributed by atoms with E-state index in [9.17, 15) is 4.79 Å². The number of fused-ring (bicyclic) bond motifs is 1. The van der Waals surface area contributed by atoms with Gasteiger partial charge in [-0.1, -0.05) is 0 Å². The Morgan fingerprint density at radius 1 is 1.60 bits per heavy atom. The normalized spacial score (nSPS) is 18.5. The van der Waals surface area contributed by atoms with Crippen LogP contribution in [0.4, 0.5) is 5.95 Å². The second-order valence-corrected chi connectivity index (χ2v) is 3.80. The lowest BCUT2D eigenvalue weighted by molar-refractivity contribution is 0.249. The van der Waals surface area contributed by atoms with Crippen molar-refractivity contribution < 1.29 is 4.74 Å². The Morgan fingerprint density at radius 3 is 2.93 bits per heavy atom. The van der Waals surface area contributed by atoms with Crippen LogP contribution in [-0.2, 0) is 6.54 Å². The van der Waals surface area contributed by atoms with Crippen molar-refractivity contribution in [3.63, 3.8) is 0 Å². The van der Waals surface area contributed by atoms with E-state index in [1.54, 1.807) is 19.0 Å². The molecular formula is C8H11ClN4O2. The van der Waals surface area contributed by atoms with Crippen LogP contribution in [-0.4, -0.2) is 40.6 Å². The van der Waals surface area contributed by atoms with Crippen molar-refractivity contribution in [3.05, 3.63) is 10.5 Å². The minimum absolute atomic E-state index is 0.189. The van der Waals surface area contributed by atoms with Crippen LogP contribution >= 0.6 is 11.6 Å². The summed E-state index contributed by atoms with van der Waals surface area (Å²) in [5.74, 6) is 0.682. The van der Waals surface area contributed by atoms with E-state index in [1.807, 2.05) is 0 Å². The van der Waals surface area contributed by atoms with Crippen LogP contribution in [0.15, 0.2) is 4.79 Å². The summed E-state index contributed by atoms with van der Waals surface area (Å²) in [5, 5.41) is 0. The topological polar surface area (TPSA) is 60.2 Å². The summed E-state index contributed by atoms with van der Waals surface area (Å²) in [5.41, 5.74) is -0.351. The maximum absolute atomic E-state index is 11.6. The number of rotatable bonds is 2. The van der Waals surface area contributed by atoms with Crippen molar-refractivity contribution in [2.24, 2.45) is 0 Å². The van der Waals surface area contributed by atoms with Gasteiger partial charge in [-0.3, -0.25) is 0 Å². The standard InChI is InChI=1S/C8H11ClN4O2/c1-12(2)6-10-7(14)13-4-5(3-9)15-8(13)11-6/h5H,3-4H2,1-2H3. The van der Waals surface area contributed by atoms with Crippen molar-refractivity contribution in [3.8, 4) is 6.01 Å². The molecule has 0 radical (unpaired) electrons. The maximum atomic E-state index is 11.6. The summed E-state index contributed by atoms with van der Waals surface area (Å²) in [6, 6.07) is 0.296. The minimum Gasteiger partial charge on any atom is -0.458 e. The highest BCUT2D eigenvalue weighted by Crippen LogP contribution is 2.18. The summed E-state index contributed by atoms with van der Waals surface area (Å²) >= 11 is 5.65. The Hall–Kier alpha value is -1.30. The molecule has 0 aromatic carbocycles. The highest BCUT2D eigenvalue weighted by molar-refractivity contribution is 6.18. The van der Waals surface area contributed by atoms with E-state index in [4.69, 9.17) is 16.3 Å². The Morgan fingerprint density at radius 2 is 2.33 bits per heavy atom. The number of aromatic nitrogens is 3. The molecule has 1 atom stereocenters. The van der Waals surface area contributed by atoms with Crippen molar-refractivity contribution >= 4 is 17.5 Å². The van der Waals surface area contributed by atoms with Gasteiger partial charge in [-0.05, 0) is 0 Å². The third-order valence-corrected chi connectivity index (χ3v) is 2.43. The van der Waals surface area contributed by atoms with Crippen LogP contribution in [0.3, 0.4) is 0 Å². The zero-order chi connectivity index (χ0) is 11.0. The third kappa shape index (κ3) is 1.77. The monoisotopic (exact) mass is 230 g/mol. The molecule has 2 rings (SSSR count). The zero-order valence-electron chi connectivity index (χ0n) is 8.47. The summed E-state index contributed by atoms with van der Waals surface area (Å²) in [7, 11) is 3.53. The summed E-state index contributed by atoms with van der Waals surface area (Å²) in [6.45, 7) is 0.422. The largest absolute Gasteiger partial charge is 0.458 e. The van der Waals surface area contributed by atoms with Gasteiger partial charge >= 0.3 is 11.7 Å². The van der Waals surface area contributed by atoms with Crippen molar-refractivity contribution in [1.82, 2.24) is 14.5 Å². The minimum atomic E-state index is -0.351. The van der Waals surface area contributed by atoms with Crippen LogP contribution in [0.5, 0.6) is 6.01 Å². The molecule has 1 aromatic heterocycles. The number of hydrogen-bond acceptors (Lipinski definition) is 5. The average Bonchev–Trinajstić information content (AvgIpc) is 2.61. The van der Waals surface area contributed by atoms with E-state index in [0.717, 1.165) is 0 Å². The molecular weight excluding hydrogens is 220 g/mol. The fraction of sp³-hybridized carbons (Fsp3) is 0.625. The number of hydrogen-bond donors (Lipinski definition) is 0. The highest BCUT2D eigenvalue weighted by Gasteiger charge is 2.25. The van der Waals surface area contributed by atoms with Gasteiger partial charge in [0.1, 0.15) is 6.10 Å². The van der Waals surface area contributed by atoms with Gasteiger partial charge in [-0.2, -0.15) is 9.97 Å². The number of nitrogens with zero attached hydrogens (tertiary/aromatic N) is 4. The van der Waals surface area contributed by atoms with Crippen LogP contribution in [0.25, 0.3) is 0 Å². The van der Waals surface area contributed by atoms with Gasteiger partial charge < -0.3 is 9.64 Å². The lowest BCUT2D eigenvalue weighted by Gasteiger charge is -2.09. The van der Waals surface area contributed by atoms with E-state index >= 15 is 0 Å². The molecule has 1 aliphatic rings. The summed E-state index contributed by atoms with van der Waals surface area (Å²) in [6.07, 6.45) is -0.189. The van der Waals surface area contributed by atoms with E-state index in [1.165, 1.54) is 4.57 Å². The average molecular weight is 231 g/mol. The Balaban J connectivity index is 2.42. The number of ether oxygens (including phenoxy) is 1. The maximum Gasteiger partial charge on any atom is 0.355 e. The molecule has 0 bridgehead atoms. The number of halogens is 1. The molecule has 2 heterocycles. The quantitative estimate of drug-likeness (QED) is 0.653. The van der Waals surface area contributed by atoms with Gasteiger partial charge in [0.25, 0.3) is 0 Å². The Kier molecular flexibility index (Phi) is 2.52. The van der Waals surface area contributed by atoms with Gasteiger partial charge in [0.2, 0.25) is 5.95 Å². The molecule has 0 saturated heterocycles. The molecule has 0 spiro atoms. The molecule has 82 valence electrons. The number of anilines is 1. The molecule has 0 aliphatic carbocycles. The Bertz CT molecular complexity index is 431. The van der Waals surface area contributed by atoms with Gasteiger partial charge in [0, 0.05) is 14.1 Å². The van der Waals surface area contributed by atoms with E-state index in [0.29, 0.717) is 24.4 Å². The predicted octanol–water partition coefficient (Wildman–Crippen LogP) is -0.296. The number of alkyl halides is 1. The van der Waals surface area contributed by atoms with Gasteiger partial charge in [-0.15, -0.1) is 11.6 Å². The van der Waals surface area contributed by atoms with Crippen LogP contribution < -0.4 is 15.3 Å². The third-order valence-electron chi connectivity index (χ3n) is 2.08. The first-order valence-electron chi connectivity index (χ1n) is 4.50. The lowest BCUT2D eigenvalue weighted by atomic mass is 10.4. The Labute approximate surface area is 91.5 Å². The van der Waals surface area contributed by atoms with Gasteiger partial charge in [-0.25, -0.2) is 9.36 Å². The van der Waals surface area contributed by atoms with Crippen molar-refractivity contribution in [1.29, 1.82) is 0 Å². The molecule has 0 fully saturated rings. The van der Waals surface area contributed by atoms with E-state index in [2.05, 4.69) is 9.97 Å². The lowest BCUT2D eigenvalue weighted by Crippen LogP contribution is -2.26. The summed E-state index contributed by atoms with van der Waals surface area (Å²) < 4.78 is 6.77. The molecule has 1 unspecified atom stereocenters. The molecule has 6 nitrogen and oxygen atoms in total. The van der Waals surface area contributed by atoms with Crippen molar-refractivity contribution in [2.45, 2.75) is 12.6 Å². The fourth-order valence-corrected chi connectivity index (χ4v) is 1.48. The van der Waals surface area contributed by atoms with Crippen LogP contribution in [0, 0.1) is 0 Å². The molecule has 0 N–H and O–H groups in total. The smallest absolute Gasteiger partial charge is 0.355 e. The summed E-state index contributed by atoms with van der Waals surface area (Å²) in [4.78, 5) is 21.1. The molecule has 15 heavy (non-hydrogen) atoms. The second-order valence-electron chi connectivity index (χ2n) is 3.49. The first-order chi connectivity index (χ1) is 7.11.